The summed E-state index contributed by atoms with van der Waals surface area (Å²) < 4.78 is 26.7. The number of carbonyl (C=O) groups is 2. The monoisotopic (exact) mass is 354 g/mol. The van der Waals surface area contributed by atoms with Crippen molar-refractivity contribution in [3.63, 3.8) is 0 Å². The lowest BCUT2D eigenvalue weighted by molar-refractivity contribution is -0.143. The van der Waals surface area contributed by atoms with Crippen molar-refractivity contribution in [3.8, 4) is 0 Å². The zero-order chi connectivity index (χ0) is 18.0. The number of rotatable bonds is 8. The van der Waals surface area contributed by atoms with E-state index in [9.17, 15) is 18.0 Å². The van der Waals surface area contributed by atoms with Crippen LogP contribution in [0, 0.1) is 11.3 Å². The van der Waals surface area contributed by atoms with Crippen LogP contribution in [-0.4, -0.2) is 38.5 Å². The summed E-state index contributed by atoms with van der Waals surface area (Å²) >= 11 is 0. The van der Waals surface area contributed by atoms with Gasteiger partial charge in [-0.15, -0.1) is 0 Å². The van der Waals surface area contributed by atoms with Crippen LogP contribution in [0.4, 0.5) is 0 Å². The van der Waals surface area contributed by atoms with Gasteiger partial charge in [0, 0.05) is 18.7 Å². The van der Waals surface area contributed by atoms with Crippen LogP contribution < -0.4 is 10.0 Å². The molecule has 0 unspecified atom stereocenters. The fourth-order valence-corrected chi connectivity index (χ4v) is 3.33. The second kappa shape index (κ2) is 6.90. The van der Waals surface area contributed by atoms with Gasteiger partial charge in [-0.2, -0.15) is 0 Å². The standard InChI is InChI=1S/C16H22N2O5S/c1-11(2)9-18-24(22,23)13-5-3-12(4-6-13)14(19)17-10-16(7-8-16)15(20)21/h3-6,11,18H,7-10H2,1-2H3,(H,17,19)(H,20,21). The SMILES string of the molecule is CC(C)CNS(=O)(=O)c1ccc(C(=O)NCC2(C(=O)O)CC2)cc1. The minimum Gasteiger partial charge on any atom is -0.481 e. The summed E-state index contributed by atoms with van der Waals surface area (Å²) in [6.45, 7) is 4.22. The predicted molar refractivity (Wildman–Crippen MR) is 88.1 cm³/mol. The molecule has 0 radical (unpaired) electrons. The average Bonchev–Trinajstić information content (AvgIpc) is 3.32. The topological polar surface area (TPSA) is 113 Å². The smallest absolute Gasteiger partial charge is 0.311 e. The number of carboxylic acid groups (broad SMARTS) is 1. The summed E-state index contributed by atoms with van der Waals surface area (Å²) in [5.41, 5.74) is -0.543. The number of carboxylic acids is 1. The average molecular weight is 354 g/mol. The second-order valence-electron chi connectivity index (χ2n) is 6.54. The maximum atomic E-state index is 12.1. The van der Waals surface area contributed by atoms with Gasteiger partial charge in [0.15, 0.2) is 0 Å². The first-order valence-corrected chi connectivity index (χ1v) is 9.26. The molecule has 1 fully saturated rings. The Bertz CT molecular complexity index is 721. The van der Waals surface area contributed by atoms with E-state index in [1.807, 2.05) is 13.8 Å². The van der Waals surface area contributed by atoms with Crippen LogP contribution in [0.25, 0.3) is 0 Å². The third-order valence-electron chi connectivity index (χ3n) is 4.00. The fraction of sp³-hybridized carbons (Fsp3) is 0.500. The zero-order valence-electron chi connectivity index (χ0n) is 13.7. The first kappa shape index (κ1) is 18.4. The van der Waals surface area contributed by atoms with E-state index in [4.69, 9.17) is 5.11 Å². The normalized spacial score (nSPS) is 16.0. The lowest BCUT2D eigenvalue weighted by Crippen LogP contribution is -2.34. The van der Waals surface area contributed by atoms with Crippen LogP contribution in [0.2, 0.25) is 0 Å². The molecule has 1 aliphatic carbocycles. The molecule has 0 aromatic heterocycles. The van der Waals surface area contributed by atoms with Gasteiger partial charge in [0.05, 0.1) is 10.3 Å². The molecule has 24 heavy (non-hydrogen) atoms. The Balaban J connectivity index is 1.98. The van der Waals surface area contributed by atoms with E-state index in [0.29, 0.717) is 24.9 Å². The van der Waals surface area contributed by atoms with Crippen molar-refractivity contribution < 1.29 is 23.1 Å². The van der Waals surface area contributed by atoms with Crippen LogP contribution in [0.15, 0.2) is 29.2 Å². The first-order chi connectivity index (χ1) is 11.2. The van der Waals surface area contributed by atoms with Crippen molar-refractivity contribution >= 4 is 21.9 Å². The van der Waals surface area contributed by atoms with Crippen LogP contribution in [-0.2, 0) is 14.8 Å². The maximum Gasteiger partial charge on any atom is 0.311 e. The third-order valence-corrected chi connectivity index (χ3v) is 5.44. The molecular formula is C16H22N2O5S. The molecule has 0 bridgehead atoms. The van der Waals surface area contributed by atoms with Crippen molar-refractivity contribution in [2.75, 3.05) is 13.1 Å². The number of hydrogen-bond acceptors (Lipinski definition) is 4. The molecule has 132 valence electrons. The molecule has 8 heteroatoms. The fourth-order valence-electron chi connectivity index (χ4n) is 2.11. The van der Waals surface area contributed by atoms with E-state index in [2.05, 4.69) is 10.0 Å². The van der Waals surface area contributed by atoms with Crippen LogP contribution in [0.1, 0.15) is 37.0 Å². The Morgan fingerprint density at radius 3 is 2.25 bits per heavy atom. The van der Waals surface area contributed by atoms with E-state index < -0.39 is 27.3 Å². The molecule has 0 heterocycles. The van der Waals surface area contributed by atoms with Gasteiger partial charge in [-0.1, -0.05) is 13.8 Å². The van der Waals surface area contributed by atoms with E-state index in [-0.39, 0.29) is 17.4 Å². The number of aliphatic carboxylic acids is 1. The minimum absolute atomic E-state index is 0.0805. The molecule has 1 aliphatic rings. The van der Waals surface area contributed by atoms with E-state index in [1.165, 1.54) is 24.3 Å². The molecule has 1 amide bonds. The number of amides is 1. The minimum atomic E-state index is -3.59. The van der Waals surface area contributed by atoms with Gasteiger partial charge in [-0.05, 0) is 43.0 Å². The Morgan fingerprint density at radius 1 is 1.21 bits per heavy atom. The molecule has 1 aromatic carbocycles. The molecule has 0 spiro atoms. The van der Waals surface area contributed by atoms with Crippen molar-refractivity contribution in [2.24, 2.45) is 11.3 Å². The highest BCUT2D eigenvalue weighted by Crippen LogP contribution is 2.45. The molecule has 7 nitrogen and oxygen atoms in total. The largest absolute Gasteiger partial charge is 0.481 e. The highest BCUT2D eigenvalue weighted by molar-refractivity contribution is 7.89. The van der Waals surface area contributed by atoms with Gasteiger partial charge in [-0.3, -0.25) is 9.59 Å². The van der Waals surface area contributed by atoms with Gasteiger partial charge in [0.25, 0.3) is 5.91 Å². The number of carbonyl (C=O) groups excluding carboxylic acids is 1. The highest BCUT2D eigenvalue weighted by atomic mass is 32.2. The predicted octanol–water partition coefficient (Wildman–Crippen LogP) is 1.22. The quantitative estimate of drug-likeness (QED) is 0.650. The van der Waals surface area contributed by atoms with Gasteiger partial charge in [-0.25, -0.2) is 13.1 Å². The number of nitrogens with one attached hydrogen (secondary N) is 2. The highest BCUT2D eigenvalue weighted by Gasteiger charge is 2.50. The number of sulfonamides is 1. The zero-order valence-corrected chi connectivity index (χ0v) is 14.5. The molecule has 2 rings (SSSR count). The molecule has 0 aliphatic heterocycles. The van der Waals surface area contributed by atoms with Crippen LogP contribution >= 0.6 is 0 Å². The number of hydrogen-bond donors (Lipinski definition) is 3. The summed E-state index contributed by atoms with van der Waals surface area (Å²) in [5.74, 6) is -1.13. The van der Waals surface area contributed by atoms with Crippen molar-refractivity contribution in [3.05, 3.63) is 29.8 Å². The van der Waals surface area contributed by atoms with E-state index in [1.54, 1.807) is 0 Å². The summed E-state index contributed by atoms with van der Waals surface area (Å²) in [6, 6.07) is 5.56. The Labute approximate surface area is 141 Å². The molecule has 0 saturated heterocycles. The molecule has 1 aromatic rings. The maximum absolute atomic E-state index is 12.1. The molecule has 0 atom stereocenters. The van der Waals surface area contributed by atoms with E-state index in [0.717, 1.165) is 0 Å². The Hall–Kier alpha value is -1.93. The molecule has 1 saturated carbocycles. The first-order valence-electron chi connectivity index (χ1n) is 7.78. The molecule has 3 N–H and O–H groups in total. The Morgan fingerprint density at radius 2 is 1.79 bits per heavy atom. The lowest BCUT2D eigenvalue weighted by Gasteiger charge is -2.12. The van der Waals surface area contributed by atoms with Gasteiger partial charge >= 0.3 is 5.97 Å². The lowest BCUT2D eigenvalue weighted by atomic mass is 10.1. The van der Waals surface area contributed by atoms with Gasteiger partial charge in [0.2, 0.25) is 10.0 Å². The second-order valence-corrected chi connectivity index (χ2v) is 8.31. The Kier molecular flexibility index (Phi) is 5.29. The van der Waals surface area contributed by atoms with E-state index >= 15 is 0 Å². The van der Waals surface area contributed by atoms with Gasteiger partial charge < -0.3 is 10.4 Å². The van der Waals surface area contributed by atoms with Crippen molar-refractivity contribution in [1.29, 1.82) is 0 Å². The molecular weight excluding hydrogens is 332 g/mol. The van der Waals surface area contributed by atoms with Crippen LogP contribution in [0.3, 0.4) is 0 Å². The summed E-state index contributed by atoms with van der Waals surface area (Å²) in [6.07, 6.45) is 1.11. The third kappa shape index (κ3) is 4.33. The van der Waals surface area contributed by atoms with Crippen molar-refractivity contribution in [2.45, 2.75) is 31.6 Å². The van der Waals surface area contributed by atoms with Gasteiger partial charge in [0.1, 0.15) is 0 Å². The summed E-state index contributed by atoms with van der Waals surface area (Å²) in [5, 5.41) is 11.7. The van der Waals surface area contributed by atoms with Crippen molar-refractivity contribution in [1.82, 2.24) is 10.0 Å². The van der Waals surface area contributed by atoms with Crippen LogP contribution in [0.5, 0.6) is 0 Å². The summed E-state index contributed by atoms with van der Waals surface area (Å²) in [4.78, 5) is 23.2. The number of benzene rings is 1. The summed E-state index contributed by atoms with van der Waals surface area (Å²) in [7, 11) is -3.59.